The Morgan fingerprint density at radius 3 is 2.10 bits per heavy atom. The highest BCUT2D eigenvalue weighted by Crippen LogP contribution is 2.31. The van der Waals surface area contributed by atoms with Crippen LogP contribution in [0.2, 0.25) is 0 Å². The monoisotopic (exact) mass is 287 g/mol. The number of hydrogen-bond donors (Lipinski definition) is 0. The second-order valence-corrected chi connectivity index (χ2v) is 4.54. The van der Waals surface area contributed by atoms with E-state index >= 15 is 0 Å². The molecule has 0 radical (unpaired) electrons. The predicted molar refractivity (Wildman–Crippen MR) is 68.7 cm³/mol. The topological polar surface area (TPSA) is 82.1 Å². The Hall–Kier alpha value is -1.63. The highest BCUT2D eigenvalue weighted by atomic mass is 16.5. The van der Waals surface area contributed by atoms with Crippen LogP contribution in [0.1, 0.15) is 13.8 Å². The molecule has 7 nitrogen and oxygen atoms in total. The molecule has 1 aliphatic rings. The minimum atomic E-state index is -0.897. The van der Waals surface area contributed by atoms with Gasteiger partial charge in [-0.05, 0) is 20.9 Å². The third kappa shape index (κ3) is 3.27. The van der Waals surface area contributed by atoms with Gasteiger partial charge in [-0.1, -0.05) is 0 Å². The molecule has 1 rings (SSSR count). The summed E-state index contributed by atoms with van der Waals surface area (Å²) < 4.78 is 14.7. The van der Waals surface area contributed by atoms with Gasteiger partial charge in [0.1, 0.15) is 6.04 Å². The van der Waals surface area contributed by atoms with E-state index < -0.39 is 35.8 Å². The predicted octanol–water partition coefficient (Wildman–Crippen LogP) is -0.168. The molecular formula is C13H21NO6. The third-order valence-corrected chi connectivity index (χ3v) is 3.32. The lowest BCUT2D eigenvalue weighted by molar-refractivity contribution is -0.162. The first kappa shape index (κ1) is 16.4. The number of methoxy groups -OCH3 is 1. The number of carbonyl (C=O) groups excluding carboxylic acids is 3. The zero-order valence-electron chi connectivity index (χ0n) is 12.3. The van der Waals surface area contributed by atoms with Gasteiger partial charge in [-0.3, -0.25) is 19.3 Å². The first-order valence-corrected chi connectivity index (χ1v) is 6.59. The SMILES string of the molecule is CCOC(=O)[C@@H]1[C@@H](C(=O)OCC)CN(C)[C@H]1C(=O)OC. The number of likely N-dealkylation sites (tertiary alicyclic amines) is 1. The Kier molecular flexibility index (Phi) is 5.94. The summed E-state index contributed by atoms with van der Waals surface area (Å²) in [5, 5.41) is 0. The van der Waals surface area contributed by atoms with Gasteiger partial charge in [0.25, 0.3) is 0 Å². The van der Waals surface area contributed by atoms with Gasteiger partial charge in [0.2, 0.25) is 0 Å². The standard InChI is InChI=1S/C13H21NO6/c1-5-19-11(15)8-7-14(3)10(13(17)18-4)9(8)12(16)20-6-2/h8-10H,5-7H2,1-4H3/t8-,9+,10+/m0/s1. The largest absolute Gasteiger partial charge is 0.468 e. The van der Waals surface area contributed by atoms with Crippen molar-refractivity contribution < 1.29 is 28.6 Å². The molecule has 7 heteroatoms. The van der Waals surface area contributed by atoms with E-state index in [2.05, 4.69) is 0 Å². The number of rotatable bonds is 5. The lowest BCUT2D eigenvalue weighted by atomic mass is 9.90. The maximum atomic E-state index is 12.1. The van der Waals surface area contributed by atoms with Crippen LogP contribution in [0.3, 0.4) is 0 Å². The third-order valence-electron chi connectivity index (χ3n) is 3.32. The van der Waals surface area contributed by atoms with Gasteiger partial charge in [-0.2, -0.15) is 0 Å². The fourth-order valence-corrected chi connectivity index (χ4v) is 2.48. The van der Waals surface area contributed by atoms with E-state index in [4.69, 9.17) is 14.2 Å². The van der Waals surface area contributed by atoms with Crippen molar-refractivity contribution in [1.29, 1.82) is 0 Å². The summed E-state index contributed by atoms with van der Waals surface area (Å²) >= 11 is 0. The Morgan fingerprint density at radius 2 is 1.60 bits per heavy atom. The number of ether oxygens (including phenoxy) is 3. The fourth-order valence-electron chi connectivity index (χ4n) is 2.48. The highest BCUT2D eigenvalue weighted by Gasteiger charge is 2.52. The molecule has 0 aromatic carbocycles. The average molecular weight is 287 g/mol. The number of carbonyl (C=O) groups is 3. The van der Waals surface area contributed by atoms with Crippen LogP contribution in [0.15, 0.2) is 0 Å². The molecule has 0 bridgehead atoms. The average Bonchev–Trinajstić information content (AvgIpc) is 2.76. The van der Waals surface area contributed by atoms with Crippen LogP contribution in [0.5, 0.6) is 0 Å². The molecule has 1 heterocycles. The molecule has 0 N–H and O–H groups in total. The second-order valence-electron chi connectivity index (χ2n) is 4.54. The first-order valence-electron chi connectivity index (χ1n) is 6.59. The van der Waals surface area contributed by atoms with Gasteiger partial charge >= 0.3 is 17.9 Å². The zero-order valence-corrected chi connectivity index (χ0v) is 12.3. The summed E-state index contributed by atoms with van der Waals surface area (Å²) in [4.78, 5) is 37.5. The summed E-state index contributed by atoms with van der Waals surface area (Å²) in [6.07, 6.45) is 0. The normalized spacial score (nSPS) is 26.1. The van der Waals surface area contributed by atoms with Crippen molar-refractivity contribution >= 4 is 17.9 Å². The lowest BCUT2D eigenvalue weighted by Gasteiger charge is -2.22. The zero-order chi connectivity index (χ0) is 15.3. The molecule has 1 saturated heterocycles. The smallest absolute Gasteiger partial charge is 0.324 e. The van der Waals surface area contributed by atoms with Gasteiger partial charge in [-0.15, -0.1) is 0 Å². The highest BCUT2D eigenvalue weighted by molar-refractivity contribution is 5.90. The molecule has 0 aromatic rings. The molecular weight excluding hydrogens is 266 g/mol. The van der Waals surface area contributed by atoms with E-state index in [1.807, 2.05) is 0 Å². The quantitative estimate of drug-likeness (QED) is 0.513. The van der Waals surface area contributed by atoms with Crippen molar-refractivity contribution in [2.45, 2.75) is 19.9 Å². The second kappa shape index (κ2) is 7.23. The van der Waals surface area contributed by atoms with Crippen LogP contribution >= 0.6 is 0 Å². The van der Waals surface area contributed by atoms with E-state index in [1.54, 1.807) is 25.8 Å². The van der Waals surface area contributed by atoms with E-state index in [9.17, 15) is 14.4 Å². The molecule has 20 heavy (non-hydrogen) atoms. The molecule has 3 atom stereocenters. The van der Waals surface area contributed by atoms with Crippen molar-refractivity contribution in [3.05, 3.63) is 0 Å². The molecule has 0 amide bonds. The molecule has 1 fully saturated rings. The molecule has 114 valence electrons. The number of hydrogen-bond acceptors (Lipinski definition) is 7. The molecule has 0 unspecified atom stereocenters. The van der Waals surface area contributed by atoms with Crippen molar-refractivity contribution in [3.63, 3.8) is 0 Å². The number of nitrogens with zero attached hydrogens (tertiary/aromatic N) is 1. The fraction of sp³-hybridized carbons (Fsp3) is 0.769. The minimum absolute atomic E-state index is 0.183. The van der Waals surface area contributed by atoms with E-state index in [0.29, 0.717) is 0 Å². The Morgan fingerprint density at radius 1 is 1.05 bits per heavy atom. The Bertz CT molecular complexity index is 383. The van der Waals surface area contributed by atoms with E-state index in [-0.39, 0.29) is 19.8 Å². The molecule has 1 aliphatic heterocycles. The maximum absolute atomic E-state index is 12.1. The summed E-state index contributed by atoms with van der Waals surface area (Å²) in [5.41, 5.74) is 0. The Balaban J connectivity index is 3.03. The van der Waals surface area contributed by atoms with Gasteiger partial charge in [0, 0.05) is 6.54 Å². The number of likely N-dealkylation sites (N-methyl/N-ethyl adjacent to an activating group) is 1. The van der Waals surface area contributed by atoms with Crippen LogP contribution in [0, 0.1) is 11.8 Å². The van der Waals surface area contributed by atoms with Crippen molar-refractivity contribution in [1.82, 2.24) is 4.90 Å². The van der Waals surface area contributed by atoms with Crippen LogP contribution in [-0.4, -0.2) is 62.8 Å². The van der Waals surface area contributed by atoms with Crippen LogP contribution in [0.25, 0.3) is 0 Å². The van der Waals surface area contributed by atoms with Gasteiger partial charge in [0.05, 0.1) is 32.2 Å². The minimum Gasteiger partial charge on any atom is -0.468 e. The van der Waals surface area contributed by atoms with Crippen LogP contribution in [0.4, 0.5) is 0 Å². The lowest BCUT2D eigenvalue weighted by Crippen LogP contribution is -2.43. The summed E-state index contributed by atoms with van der Waals surface area (Å²) in [7, 11) is 2.91. The van der Waals surface area contributed by atoms with Gasteiger partial charge in [-0.25, -0.2) is 0 Å². The molecule has 0 spiro atoms. The molecule has 0 aliphatic carbocycles. The van der Waals surface area contributed by atoms with E-state index in [0.717, 1.165) is 0 Å². The van der Waals surface area contributed by atoms with E-state index in [1.165, 1.54) is 7.11 Å². The molecule has 0 saturated carbocycles. The number of esters is 3. The van der Waals surface area contributed by atoms with Gasteiger partial charge in [0.15, 0.2) is 0 Å². The van der Waals surface area contributed by atoms with Crippen LogP contribution in [-0.2, 0) is 28.6 Å². The van der Waals surface area contributed by atoms with Gasteiger partial charge < -0.3 is 14.2 Å². The Labute approximate surface area is 118 Å². The molecule has 0 aromatic heterocycles. The summed E-state index contributed by atoms with van der Waals surface area (Å²) in [6, 6.07) is -0.826. The summed E-state index contributed by atoms with van der Waals surface area (Å²) in [5.74, 6) is -3.25. The van der Waals surface area contributed by atoms with Crippen molar-refractivity contribution in [3.8, 4) is 0 Å². The van der Waals surface area contributed by atoms with Crippen molar-refractivity contribution in [2.75, 3.05) is 33.9 Å². The summed E-state index contributed by atoms with van der Waals surface area (Å²) in [6.45, 7) is 4.01. The maximum Gasteiger partial charge on any atom is 0.324 e. The van der Waals surface area contributed by atoms with Crippen LogP contribution < -0.4 is 0 Å². The van der Waals surface area contributed by atoms with Crippen molar-refractivity contribution in [2.24, 2.45) is 11.8 Å². The first-order chi connectivity index (χ1) is 9.47.